The lowest BCUT2D eigenvalue weighted by atomic mass is 9.86. The first-order chi connectivity index (χ1) is 14.5. The third kappa shape index (κ3) is 3.61. The minimum atomic E-state index is -1.10. The van der Waals surface area contributed by atoms with E-state index in [1.165, 1.54) is 12.1 Å². The zero-order valence-electron chi connectivity index (χ0n) is 18.0. The average molecular weight is 420 g/mol. The van der Waals surface area contributed by atoms with Crippen molar-refractivity contribution in [2.75, 3.05) is 0 Å². The Kier molecular flexibility index (Phi) is 5.51. The van der Waals surface area contributed by atoms with Crippen LogP contribution in [0.1, 0.15) is 48.5 Å². The predicted molar refractivity (Wildman–Crippen MR) is 118 cm³/mol. The molecule has 0 aliphatic heterocycles. The van der Waals surface area contributed by atoms with Crippen molar-refractivity contribution in [3.05, 3.63) is 69.3 Å². The summed E-state index contributed by atoms with van der Waals surface area (Å²) >= 11 is 0. The summed E-state index contributed by atoms with van der Waals surface area (Å²) in [6.45, 7) is 8.42. The van der Waals surface area contributed by atoms with Crippen LogP contribution in [-0.2, 0) is 0 Å². The van der Waals surface area contributed by atoms with E-state index in [1.807, 2.05) is 0 Å². The van der Waals surface area contributed by atoms with Crippen molar-refractivity contribution >= 4 is 11.9 Å². The molecule has 3 aromatic rings. The fourth-order valence-electron chi connectivity index (χ4n) is 4.10. The number of aryl methyl sites for hydroxylation is 3. The molecular weight excluding hydrogens is 396 g/mol. The number of phenolic OH excluding ortho intramolecular Hbond substituents is 2. The van der Waals surface area contributed by atoms with E-state index < -0.39 is 11.9 Å². The van der Waals surface area contributed by atoms with E-state index in [9.17, 15) is 30.0 Å². The molecule has 4 N–H and O–H groups in total. The van der Waals surface area contributed by atoms with Crippen molar-refractivity contribution in [2.24, 2.45) is 0 Å². The van der Waals surface area contributed by atoms with Crippen molar-refractivity contribution in [3.63, 3.8) is 0 Å². The summed E-state index contributed by atoms with van der Waals surface area (Å²) in [5.41, 5.74) is 4.79. The highest BCUT2D eigenvalue weighted by atomic mass is 16.4. The number of rotatable bonds is 4. The summed E-state index contributed by atoms with van der Waals surface area (Å²) in [6.07, 6.45) is 0. The van der Waals surface area contributed by atoms with Gasteiger partial charge in [-0.25, -0.2) is 9.59 Å². The molecule has 0 heterocycles. The molecule has 6 nitrogen and oxygen atoms in total. The van der Waals surface area contributed by atoms with Gasteiger partial charge in [-0.1, -0.05) is 18.2 Å². The molecule has 0 radical (unpaired) electrons. The highest BCUT2D eigenvalue weighted by molar-refractivity contribution is 6.00. The van der Waals surface area contributed by atoms with Gasteiger partial charge < -0.3 is 20.4 Å². The predicted octanol–water partition coefficient (Wildman–Crippen LogP) is 5.37. The Morgan fingerprint density at radius 3 is 1.55 bits per heavy atom. The molecule has 0 saturated heterocycles. The number of hydrogen-bond donors (Lipinski definition) is 4. The van der Waals surface area contributed by atoms with Gasteiger partial charge in [0.05, 0.1) is 11.1 Å². The number of hydrogen-bond acceptors (Lipinski definition) is 4. The van der Waals surface area contributed by atoms with Crippen LogP contribution in [0.25, 0.3) is 22.3 Å². The quantitative estimate of drug-likeness (QED) is 0.451. The van der Waals surface area contributed by atoms with Gasteiger partial charge in [0.15, 0.2) is 0 Å². The Balaban J connectivity index is 2.30. The van der Waals surface area contributed by atoms with Gasteiger partial charge in [-0.05, 0) is 85.7 Å². The molecule has 0 unspecified atom stereocenters. The number of carboxylic acids is 2. The van der Waals surface area contributed by atoms with Crippen molar-refractivity contribution in [1.29, 1.82) is 0 Å². The van der Waals surface area contributed by atoms with E-state index in [2.05, 4.69) is 0 Å². The van der Waals surface area contributed by atoms with Crippen LogP contribution >= 0.6 is 0 Å². The summed E-state index contributed by atoms with van der Waals surface area (Å²) in [5, 5.41) is 40.1. The fourth-order valence-corrected chi connectivity index (χ4v) is 4.10. The van der Waals surface area contributed by atoms with Crippen molar-refractivity contribution in [2.45, 2.75) is 34.6 Å². The van der Waals surface area contributed by atoms with E-state index >= 15 is 0 Å². The molecular formula is C25H24O6. The molecule has 3 aromatic carbocycles. The normalized spacial score (nSPS) is 10.9. The van der Waals surface area contributed by atoms with Gasteiger partial charge >= 0.3 is 11.9 Å². The molecule has 160 valence electrons. The zero-order chi connectivity index (χ0) is 23.2. The minimum absolute atomic E-state index is 0.0363. The molecule has 3 rings (SSSR count). The molecule has 0 spiro atoms. The van der Waals surface area contributed by atoms with Gasteiger partial charge in [-0.2, -0.15) is 0 Å². The number of carbonyl (C=O) groups is 2. The minimum Gasteiger partial charge on any atom is -0.507 e. The fraction of sp³-hybridized carbons (Fsp3) is 0.200. The van der Waals surface area contributed by atoms with Gasteiger partial charge in [-0.15, -0.1) is 0 Å². The van der Waals surface area contributed by atoms with Crippen LogP contribution in [0.3, 0.4) is 0 Å². The lowest BCUT2D eigenvalue weighted by molar-refractivity contribution is 0.0686. The number of phenols is 2. The summed E-state index contributed by atoms with van der Waals surface area (Å²) in [6, 6.07) is 8.07. The second-order valence-corrected chi connectivity index (χ2v) is 7.82. The van der Waals surface area contributed by atoms with Crippen LogP contribution in [0.15, 0.2) is 30.3 Å². The molecule has 0 aromatic heterocycles. The lowest BCUT2D eigenvalue weighted by Crippen LogP contribution is -2.05. The van der Waals surface area contributed by atoms with Gasteiger partial charge in [0.25, 0.3) is 0 Å². The molecule has 0 aliphatic carbocycles. The molecule has 0 aliphatic rings. The summed E-state index contributed by atoms with van der Waals surface area (Å²) < 4.78 is 0. The highest BCUT2D eigenvalue weighted by Crippen LogP contribution is 2.40. The molecule has 31 heavy (non-hydrogen) atoms. The summed E-state index contributed by atoms with van der Waals surface area (Å²) in [5.74, 6) is -2.13. The van der Waals surface area contributed by atoms with E-state index in [0.29, 0.717) is 50.1 Å². The van der Waals surface area contributed by atoms with E-state index in [0.717, 1.165) is 0 Å². The topological polar surface area (TPSA) is 115 Å². The first-order valence-electron chi connectivity index (χ1n) is 9.70. The van der Waals surface area contributed by atoms with Gasteiger partial charge in [0.2, 0.25) is 0 Å². The monoisotopic (exact) mass is 420 g/mol. The maximum Gasteiger partial charge on any atom is 0.336 e. The van der Waals surface area contributed by atoms with Crippen LogP contribution in [0, 0.1) is 34.6 Å². The van der Waals surface area contributed by atoms with Crippen LogP contribution in [-0.4, -0.2) is 32.4 Å². The van der Waals surface area contributed by atoms with Crippen molar-refractivity contribution in [3.8, 4) is 33.8 Å². The van der Waals surface area contributed by atoms with E-state index in [-0.39, 0.29) is 22.6 Å². The van der Waals surface area contributed by atoms with Gasteiger partial charge in [0.1, 0.15) is 11.5 Å². The summed E-state index contributed by atoms with van der Waals surface area (Å²) in [4.78, 5) is 23.7. The Hall–Kier alpha value is -3.80. The molecule has 0 fully saturated rings. The smallest absolute Gasteiger partial charge is 0.336 e. The Morgan fingerprint density at radius 2 is 1.10 bits per heavy atom. The number of aromatic carboxylic acids is 2. The molecule has 6 heteroatoms. The van der Waals surface area contributed by atoms with Crippen LogP contribution in [0.2, 0.25) is 0 Å². The SMILES string of the molecule is Cc1cc(-c2c(C(=O)O)cc(C)c(O)c2C)ccc1-c1c(C(=O)O)cc(C)c(O)c1C. The largest absolute Gasteiger partial charge is 0.507 e. The van der Waals surface area contributed by atoms with E-state index in [1.54, 1.807) is 52.8 Å². The molecule has 0 amide bonds. The van der Waals surface area contributed by atoms with Crippen LogP contribution < -0.4 is 0 Å². The van der Waals surface area contributed by atoms with Gasteiger partial charge in [-0.3, -0.25) is 0 Å². The average Bonchev–Trinajstić information content (AvgIpc) is 2.70. The van der Waals surface area contributed by atoms with E-state index in [4.69, 9.17) is 0 Å². The summed E-state index contributed by atoms with van der Waals surface area (Å²) in [7, 11) is 0. The maximum absolute atomic E-state index is 11.9. The lowest BCUT2D eigenvalue weighted by Gasteiger charge is -2.18. The van der Waals surface area contributed by atoms with Crippen LogP contribution in [0.4, 0.5) is 0 Å². The third-order valence-corrected chi connectivity index (χ3v) is 5.71. The zero-order valence-corrected chi connectivity index (χ0v) is 18.0. The van der Waals surface area contributed by atoms with Gasteiger partial charge in [0, 0.05) is 11.1 Å². The molecule has 0 bridgehead atoms. The van der Waals surface area contributed by atoms with Crippen molar-refractivity contribution in [1.82, 2.24) is 0 Å². The molecule has 0 atom stereocenters. The Labute approximate surface area is 180 Å². The second kappa shape index (κ2) is 7.80. The number of carboxylic acid groups (broad SMARTS) is 2. The number of aromatic hydroxyl groups is 2. The first kappa shape index (κ1) is 21.9. The number of benzene rings is 3. The van der Waals surface area contributed by atoms with Crippen LogP contribution in [0.5, 0.6) is 11.5 Å². The second-order valence-electron chi connectivity index (χ2n) is 7.82. The Morgan fingerprint density at radius 1 is 0.645 bits per heavy atom. The highest BCUT2D eigenvalue weighted by Gasteiger charge is 2.22. The first-order valence-corrected chi connectivity index (χ1v) is 9.70. The molecule has 0 saturated carbocycles. The Bertz CT molecular complexity index is 1250. The standard InChI is InChI=1S/C25H24O6/c1-11-8-16(20-14(4)22(26)12(2)9-18(20)24(28)29)6-7-17(11)21-15(5)23(27)13(3)10-19(21)25(30)31/h6-10,26-27H,1-5H3,(H,28,29)(H,30,31). The third-order valence-electron chi connectivity index (χ3n) is 5.71. The maximum atomic E-state index is 11.9. The van der Waals surface area contributed by atoms with Crippen molar-refractivity contribution < 1.29 is 30.0 Å².